The number of likely N-dealkylation sites (N-methyl/N-ethyl adjacent to an activating group) is 1. The lowest BCUT2D eigenvalue weighted by Crippen LogP contribution is -2.44. The number of hydrogen-bond donors (Lipinski definition) is 0. The topological polar surface area (TPSA) is 58.9 Å². The van der Waals surface area contributed by atoms with E-state index in [0.717, 1.165) is 13.1 Å². The molecule has 1 aliphatic heterocycles. The van der Waals surface area contributed by atoms with Crippen molar-refractivity contribution in [3.63, 3.8) is 0 Å². The second-order valence-electron chi connectivity index (χ2n) is 5.10. The molecule has 0 atom stereocenters. The number of piperazine rings is 1. The van der Waals surface area contributed by atoms with Crippen LogP contribution in [-0.4, -0.2) is 55.8 Å². The zero-order valence-corrected chi connectivity index (χ0v) is 12.0. The molecule has 1 aliphatic rings. The number of hydrogen-bond acceptors (Lipinski definition) is 5. The van der Waals surface area contributed by atoms with Crippen LogP contribution < -0.4 is 9.64 Å². The van der Waals surface area contributed by atoms with Crippen LogP contribution in [-0.2, 0) is 0 Å². The lowest BCUT2D eigenvalue weighted by Gasteiger charge is -2.34. The van der Waals surface area contributed by atoms with Gasteiger partial charge in [0.05, 0.1) is 4.92 Å². The zero-order valence-electron chi connectivity index (χ0n) is 12.0. The van der Waals surface area contributed by atoms with Crippen LogP contribution in [0, 0.1) is 10.1 Å². The Labute approximate surface area is 125 Å². The fourth-order valence-corrected chi connectivity index (χ4v) is 2.19. The van der Waals surface area contributed by atoms with E-state index in [1.54, 1.807) is 0 Å². The number of anilines is 1. The highest BCUT2D eigenvalue weighted by Gasteiger charge is 2.30. The van der Waals surface area contributed by atoms with Crippen molar-refractivity contribution >= 4 is 11.4 Å². The fourth-order valence-electron chi connectivity index (χ4n) is 2.19. The van der Waals surface area contributed by atoms with Gasteiger partial charge in [0.15, 0.2) is 12.4 Å². The molecule has 0 aromatic heterocycles. The van der Waals surface area contributed by atoms with E-state index in [0.29, 0.717) is 18.8 Å². The van der Waals surface area contributed by atoms with Crippen LogP contribution in [0.3, 0.4) is 0 Å². The van der Waals surface area contributed by atoms with Crippen molar-refractivity contribution in [1.82, 2.24) is 4.90 Å². The molecule has 0 N–H and O–H groups in total. The summed E-state index contributed by atoms with van der Waals surface area (Å²) in [5.74, 6) is -0.362. The molecule has 6 nitrogen and oxygen atoms in total. The van der Waals surface area contributed by atoms with Gasteiger partial charge in [-0.2, -0.15) is 13.2 Å². The minimum Gasteiger partial charge on any atom is -0.477 e. The number of nitro groups is 1. The molecule has 2 rings (SSSR count). The van der Waals surface area contributed by atoms with E-state index in [1.807, 2.05) is 11.9 Å². The Bertz CT molecular complexity index is 543. The average Bonchev–Trinajstić information content (AvgIpc) is 2.44. The van der Waals surface area contributed by atoms with Crippen LogP contribution in [0.2, 0.25) is 0 Å². The van der Waals surface area contributed by atoms with Gasteiger partial charge in [-0.25, -0.2) is 0 Å². The van der Waals surface area contributed by atoms with Crippen LogP contribution in [0.25, 0.3) is 0 Å². The maximum Gasteiger partial charge on any atom is 0.422 e. The number of ether oxygens (including phenoxy) is 1. The molecule has 0 aliphatic carbocycles. The predicted molar refractivity (Wildman–Crippen MR) is 74.4 cm³/mol. The van der Waals surface area contributed by atoms with Crippen molar-refractivity contribution < 1.29 is 22.8 Å². The fraction of sp³-hybridized carbons (Fsp3) is 0.538. The number of alkyl halides is 3. The van der Waals surface area contributed by atoms with E-state index in [2.05, 4.69) is 9.64 Å². The third-order valence-electron chi connectivity index (χ3n) is 3.40. The molecule has 1 heterocycles. The molecular weight excluding hydrogens is 303 g/mol. The SMILES string of the molecule is CN1CCN(c2ccc([N+](=O)[O-])c(OCC(F)(F)F)c2)CC1. The minimum absolute atomic E-state index is 0.362. The van der Waals surface area contributed by atoms with Gasteiger partial charge < -0.3 is 14.5 Å². The Hall–Kier alpha value is -2.03. The summed E-state index contributed by atoms with van der Waals surface area (Å²) in [6.45, 7) is 1.48. The Morgan fingerprint density at radius 3 is 2.45 bits per heavy atom. The number of benzene rings is 1. The van der Waals surface area contributed by atoms with Crippen LogP contribution >= 0.6 is 0 Å². The molecule has 122 valence electrons. The Balaban J connectivity index is 2.21. The van der Waals surface area contributed by atoms with Gasteiger partial charge in [-0.1, -0.05) is 0 Å². The van der Waals surface area contributed by atoms with Gasteiger partial charge in [0.1, 0.15) is 0 Å². The van der Waals surface area contributed by atoms with Crippen molar-refractivity contribution in [2.75, 3.05) is 44.7 Å². The largest absolute Gasteiger partial charge is 0.477 e. The van der Waals surface area contributed by atoms with Crippen molar-refractivity contribution in [2.45, 2.75) is 6.18 Å². The maximum absolute atomic E-state index is 12.3. The van der Waals surface area contributed by atoms with E-state index in [1.165, 1.54) is 18.2 Å². The Kier molecular flexibility index (Phi) is 4.74. The van der Waals surface area contributed by atoms with E-state index in [9.17, 15) is 23.3 Å². The van der Waals surface area contributed by atoms with E-state index in [-0.39, 0.29) is 5.75 Å². The highest BCUT2D eigenvalue weighted by atomic mass is 19.4. The molecule has 22 heavy (non-hydrogen) atoms. The first-order chi connectivity index (χ1) is 10.3. The normalized spacial score (nSPS) is 16.6. The van der Waals surface area contributed by atoms with Gasteiger partial charge in [-0.15, -0.1) is 0 Å². The van der Waals surface area contributed by atoms with Gasteiger partial charge in [-0.05, 0) is 13.1 Å². The van der Waals surface area contributed by atoms with Gasteiger partial charge in [-0.3, -0.25) is 10.1 Å². The van der Waals surface area contributed by atoms with Crippen LogP contribution in [0.5, 0.6) is 5.75 Å². The first-order valence-electron chi connectivity index (χ1n) is 6.68. The van der Waals surface area contributed by atoms with Crippen LogP contribution in [0.4, 0.5) is 24.5 Å². The molecule has 0 spiro atoms. The lowest BCUT2D eigenvalue weighted by atomic mass is 10.2. The smallest absolute Gasteiger partial charge is 0.422 e. The van der Waals surface area contributed by atoms with Gasteiger partial charge in [0, 0.05) is 44.0 Å². The molecule has 1 saturated heterocycles. The van der Waals surface area contributed by atoms with Crippen molar-refractivity contribution in [1.29, 1.82) is 0 Å². The Morgan fingerprint density at radius 2 is 1.91 bits per heavy atom. The molecule has 0 radical (unpaired) electrons. The Morgan fingerprint density at radius 1 is 1.27 bits per heavy atom. The molecule has 0 bridgehead atoms. The van der Waals surface area contributed by atoms with E-state index >= 15 is 0 Å². The summed E-state index contributed by atoms with van der Waals surface area (Å²) in [6, 6.07) is 4.01. The maximum atomic E-state index is 12.3. The highest BCUT2D eigenvalue weighted by molar-refractivity contribution is 5.59. The highest BCUT2D eigenvalue weighted by Crippen LogP contribution is 2.33. The van der Waals surface area contributed by atoms with Crippen molar-refractivity contribution in [2.24, 2.45) is 0 Å². The van der Waals surface area contributed by atoms with Gasteiger partial charge in [0.25, 0.3) is 0 Å². The molecule has 0 amide bonds. The molecule has 1 aromatic carbocycles. The third kappa shape index (κ3) is 4.23. The lowest BCUT2D eigenvalue weighted by molar-refractivity contribution is -0.386. The van der Waals surface area contributed by atoms with Crippen LogP contribution in [0.15, 0.2) is 18.2 Å². The molecule has 1 fully saturated rings. The molecule has 0 saturated carbocycles. The second kappa shape index (κ2) is 6.39. The molecule has 9 heteroatoms. The summed E-state index contributed by atoms with van der Waals surface area (Å²) in [4.78, 5) is 14.2. The van der Waals surface area contributed by atoms with Gasteiger partial charge >= 0.3 is 11.9 Å². The quantitative estimate of drug-likeness (QED) is 0.629. The first kappa shape index (κ1) is 16.3. The van der Waals surface area contributed by atoms with Gasteiger partial charge in [0.2, 0.25) is 0 Å². The second-order valence-corrected chi connectivity index (χ2v) is 5.10. The molecule has 0 unspecified atom stereocenters. The van der Waals surface area contributed by atoms with E-state index < -0.39 is 23.4 Å². The van der Waals surface area contributed by atoms with E-state index in [4.69, 9.17) is 0 Å². The number of rotatable bonds is 4. The standard InChI is InChI=1S/C13H16F3N3O3/c1-17-4-6-18(7-5-17)10-2-3-11(19(20)21)12(8-10)22-9-13(14,15)16/h2-3,8H,4-7,9H2,1H3. The summed E-state index contributed by atoms with van der Waals surface area (Å²) in [7, 11) is 1.98. The third-order valence-corrected chi connectivity index (χ3v) is 3.40. The van der Waals surface area contributed by atoms with Crippen molar-refractivity contribution in [3.8, 4) is 5.75 Å². The number of halogens is 3. The summed E-state index contributed by atoms with van der Waals surface area (Å²) in [6.07, 6.45) is -4.54. The minimum atomic E-state index is -4.54. The number of nitrogens with zero attached hydrogens (tertiary/aromatic N) is 3. The van der Waals surface area contributed by atoms with Crippen molar-refractivity contribution in [3.05, 3.63) is 28.3 Å². The summed E-state index contributed by atoms with van der Waals surface area (Å²) in [5, 5.41) is 10.9. The summed E-state index contributed by atoms with van der Waals surface area (Å²) < 4.78 is 41.4. The first-order valence-corrected chi connectivity index (χ1v) is 6.68. The zero-order chi connectivity index (χ0) is 16.3. The monoisotopic (exact) mass is 319 g/mol. The summed E-state index contributed by atoms with van der Waals surface area (Å²) in [5.41, 5.74) is 0.151. The predicted octanol–water partition coefficient (Wildman–Crippen LogP) is 2.29. The molecular formula is C13H16F3N3O3. The molecule has 1 aromatic rings. The van der Waals surface area contributed by atoms with Crippen LogP contribution in [0.1, 0.15) is 0 Å². The average molecular weight is 319 g/mol. The summed E-state index contributed by atoms with van der Waals surface area (Å²) >= 11 is 0. The number of nitro benzene ring substituents is 1.